The van der Waals surface area contributed by atoms with Crippen molar-refractivity contribution in [2.75, 3.05) is 14.2 Å². The fourth-order valence-electron chi connectivity index (χ4n) is 1.95. The molecule has 0 saturated carbocycles. The standard InChI is InChI=1S/C16H14Br2N2O4/c1-23-13-7-9(17)3-5-11(13)15(21)19-20-16(22)12-6-4-10(18)8-14(12)24-2/h3-8H,1-2H3,(H,19,21)(H,20,22). The lowest BCUT2D eigenvalue weighted by Gasteiger charge is -2.12. The molecule has 0 unspecified atom stereocenters. The number of carbonyl (C=O) groups is 2. The van der Waals surface area contributed by atoms with Crippen molar-refractivity contribution in [3.05, 3.63) is 56.5 Å². The Kier molecular flexibility index (Phi) is 6.22. The quantitative estimate of drug-likeness (QED) is 0.690. The van der Waals surface area contributed by atoms with E-state index in [0.29, 0.717) is 22.6 Å². The molecule has 0 aliphatic rings. The second kappa shape index (κ2) is 8.16. The lowest BCUT2D eigenvalue weighted by atomic mass is 10.2. The van der Waals surface area contributed by atoms with E-state index in [0.717, 1.165) is 8.95 Å². The van der Waals surface area contributed by atoms with Gasteiger partial charge in [-0.1, -0.05) is 31.9 Å². The average Bonchev–Trinajstić information content (AvgIpc) is 2.58. The molecule has 2 amide bonds. The highest BCUT2D eigenvalue weighted by Gasteiger charge is 2.16. The molecule has 0 saturated heterocycles. The van der Waals surface area contributed by atoms with E-state index in [1.807, 2.05) is 0 Å². The first kappa shape index (κ1) is 18.3. The number of hydrazine groups is 1. The van der Waals surface area contributed by atoms with Crippen LogP contribution in [0.3, 0.4) is 0 Å². The van der Waals surface area contributed by atoms with Gasteiger partial charge in [0.05, 0.1) is 25.3 Å². The molecule has 2 aromatic rings. The smallest absolute Gasteiger partial charge is 0.273 e. The van der Waals surface area contributed by atoms with Gasteiger partial charge in [0.1, 0.15) is 11.5 Å². The van der Waals surface area contributed by atoms with E-state index in [2.05, 4.69) is 42.7 Å². The van der Waals surface area contributed by atoms with Gasteiger partial charge in [-0.2, -0.15) is 0 Å². The third-order valence-electron chi connectivity index (χ3n) is 3.11. The number of halogens is 2. The summed E-state index contributed by atoms with van der Waals surface area (Å²) in [7, 11) is 2.92. The van der Waals surface area contributed by atoms with Crippen LogP contribution in [-0.4, -0.2) is 26.0 Å². The van der Waals surface area contributed by atoms with Crippen LogP contribution in [0.4, 0.5) is 0 Å². The Hall–Kier alpha value is -2.06. The lowest BCUT2D eigenvalue weighted by Crippen LogP contribution is -2.41. The van der Waals surface area contributed by atoms with Gasteiger partial charge in [0, 0.05) is 8.95 Å². The summed E-state index contributed by atoms with van der Waals surface area (Å²) in [5.74, 6) is -0.220. The van der Waals surface area contributed by atoms with Gasteiger partial charge in [-0.05, 0) is 36.4 Å². The molecular weight excluding hydrogens is 444 g/mol. The van der Waals surface area contributed by atoms with Crippen LogP contribution in [0.15, 0.2) is 45.3 Å². The molecule has 0 bridgehead atoms. The summed E-state index contributed by atoms with van der Waals surface area (Å²) in [5.41, 5.74) is 5.30. The van der Waals surface area contributed by atoms with Gasteiger partial charge < -0.3 is 9.47 Å². The van der Waals surface area contributed by atoms with Gasteiger partial charge in [0.2, 0.25) is 0 Å². The molecule has 0 heterocycles. The second-order valence-corrected chi connectivity index (χ2v) is 6.43. The van der Waals surface area contributed by atoms with E-state index >= 15 is 0 Å². The highest BCUT2D eigenvalue weighted by Crippen LogP contribution is 2.24. The molecule has 2 aromatic carbocycles. The van der Waals surface area contributed by atoms with Gasteiger partial charge in [-0.3, -0.25) is 20.4 Å². The summed E-state index contributed by atoms with van der Waals surface area (Å²) in [5, 5.41) is 0. The molecule has 126 valence electrons. The molecule has 0 atom stereocenters. The number of methoxy groups -OCH3 is 2. The second-order valence-electron chi connectivity index (χ2n) is 4.60. The number of ether oxygens (including phenoxy) is 2. The zero-order valence-corrected chi connectivity index (χ0v) is 16.0. The minimum Gasteiger partial charge on any atom is -0.496 e. The van der Waals surface area contributed by atoms with Gasteiger partial charge in [0.25, 0.3) is 11.8 Å². The van der Waals surface area contributed by atoms with E-state index in [4.69, 9.17) is 9.47 Å². The largest absolute Gasteiger partial charge is 0.496 e. The molecule has 24 heavy (non-hydrogen) atoms. The van der Waals surface area contributed by atoms with Crippen molar-refractivity contribution in [3.8, 4) is 11.5 Å². The van der Waals surface area contributed by atoms with Gasteiger partial charge in [-0.25, -0.2) is 0 Å². The number of amides is 2. The van der Waals surface area contributed by atoms with Crippen LogP contribution in [0.1, 0.15) is 20.7 Å². The van der Waals surface area contributed by atoms with Crippen LogP contribution in [0.2, 0.25) is 0 Å². The Morgan fingerprint density at radius 1 is 0.792 bits per heavy atom. The molecule has 0 aliphatic heterocycles. The first-order valence-electron chi connectivity index (χ1n) is 6.74. The molecule has 0 aliphatic carbocycles. The SMILES string of the molecule is COc1cc(Br)ccc1C(=O)NNC(=O)c1ccc(Br)cc1OC. The predicted octanol–water partition coefficient (Wildman–Crippen LogP) is 3.30. The van der Waals surface area contributed by atoms with Crippen LogP contribution in [0.25, 0.3) is 0 Å². The van der Waals surface area contributed by atoms with Crippen LogP contribution in [0, 0.1) is 0 Å². The number of nitrogens with one attached hydrogen (secondary N) is 2. The third-order valence-corrected chi connectivity index (χ3v) is 4.09. The van der Waals surface area contributed by atoms with Crippen molar-refractivity contribution in [2.24, 2.45) is 0 Å². The Balaban J connectivity index is 2.11. The zero-order valence-electron chi connectivity index (χ0n) is 12.9. The van der Waals surface area contributed by atoms with E-state index < -0.39 is 11.8 Å². The molecule has 0 aromatic heterocycles. The van der Waals surface area contributed by atoms with Crippen LogP contribution in [0.5, 0.6) is 11.5 Å². The molecule has 2 N–H and O–H groups in total. The Morgan fingerprint density at radius 3 is 1.50 bits per heavy atom. The Morgan fingerprint density at radius 2 is 1.17 bits per heavy atom. The zero-order chi connectivity index (χ0) is 17.7. The predicted molar refractivity (Wildman–Crippen MR) is 96.3 cm³/mol. The summed E-state index contributed by atoms with van der Waals surface area (Å²) in [6.07, 6.45) is 0. The van der Waals surface area contributed by atoms with Crippen molar-refractivity contribution >= 4 is 43.7 Å². The normalized spacial score (nSPS) is 10.0. The summed E-state index contributed by atoms with van der Waals surface area (Å²) in [6, 6.07) is 9.91. The molecule has 0 radical (unpaired) electrons. The number of hydrogen-bond donors (Lipinski definition) is 2. The maximum atomic E-state index is 12.2. The van der Waals surface area contributed by atoms with Crippen molar-refractivity contribution in [2.45, 2.75) is 0 Å². The first-order valence-corrected chi connectivity index (χ1v) is 8.32. The average molecular weight is 458 g/mol. The maximum Gasteiger partial charge on any atom is 0.273 e. The first-order chi connectivity index (χ1) is 11.5. The van der Waals surface area contributed by atoms with E-state index in [1.54, 1.807) is 36.4 Å². The van der Waals surface area contributed by atoms with Crippen molar-refractivity contribution in [1.82, 2.24) is 10.9 Å². The van der Waals surface area contributed by atoms with E-state index in [-0.39, 0.29) is 0 Å². The van der Waals surface area contributed by atoms with Crippen LogP contribution in [-0.2, 0) is 0 Å². The minimum absolute atomic E-state index is 0.295. The van der Waals surface area contributed by atoms with Crippen molar-refractivity contribution in [1.29, 1.82) is 0 Å². The summed E-state index contributed by atoms with van der Waals surface area (Å²) >= 11 is 6.60. The number of rotatable bonds is 4. The molecule has 6 nitrogen and oxygen atoms in total. The van der Waals surface area contributed by atoms with E-state index in [1.165, 1.54) is 14.2 Å². The number of carbonyl (C=O) groups excluding carboxylic acids is 2. The summed E-state index contributed by atoms with van der Waals surface area (Å²) in [4.78, 5) is 24.4. The minimum atomic E-state index is -0.497. The fraction of sp³-hybridized carbons (Fsp3) is 0.125. The topological polar surface area (TPSA) is 76.7 Å². The van der Waals surface area contributed by atoms with E-state index in [9.17, 15) is 9.59 Å². The van der Waals surface area contributed by atoms with Crippen LogP contribution < -0.4 is 20.3 Å². The molecule has 8 heteroatoms. The Bertz CT molecular complexity index is 715. The van der Waals surface area contributed by atoms with Crippen molar-refractivity contribution < 1.29 is 19.1 Å². The highest BCUT2D eigenvalue weighted by atomic mass is 79.9. The maximum absolute atomic E-state index is 12.2. The number of hydrogen-bond acceptors (Lipinski definition) is 4. The monoisotopic (exact) mass is 456 g/mol. The summed E-state index contributed by atoms with van der Waals surface area (Å²) in [6.45, 7) is 0. The fourth-order valence-corrected chi connectivity index (χ4v) is 2.63. The molecule has 2 rings (SSSR count). The molecular formula is C16H14Br2N2O4. The Labute approximate surface area is 155 Å². The number of benzene rings is 2. The third kappa shape index (κ3) is 4.27. The lowest BCUT2D eigenvalue weighted by molar-refractivity contribution is 0.0843. The molecule has 0 fully saturated rings. The van der Waals surface area contributed by atoms with Gasteiger partial charge in [-0.15, -0.1) is 0 Å². The van der Waals surface area contributed by atoms with Gasteiger partial charge >= 0.3 is 0 Å². The van der Waals surface area contributed by atoms with Crippen LogP contribution >= 0.6 is 31.9 Å². The summed E-state index contributed by atoms with van der Waals surface area (Å²) < 4.78 is 11.9. The van der Waals surface area contributed by atoms with Crippen molar-refractivity contribution in [3.63, 3.8) is 0 Å². The van der Waals surface area contributed by atoms with Gasteiger partial charge in [0.15, 0.2) is 0 Å². The molecule has 0 spiro atoms. The highest BCUT2D eigenvalue weighted by molar-refractivity contribution is 9.10.